The molecule has 0 N–H and O–H groups in total. The maximum Gasteiger partial charge on any atom is 0.165 e. The zero-order valence-corrected chi connectivity index (χ0v) is 13.6. The van der Waals surface area contributed by atoms with Crippen molar-refractivity contribution in [2.75, 3.05) is 33.3 Å². The van der Waals surface area contributed by atoms with Crippen LogP contribution in [0, 0.1) is 12.7 Å². The van der Waals surface area contributed by atoms with Gasteiger partial charge < -0.3 is 9.26 Å². The molecule has 0 aliphatic carbocycles. The minimum atomic E-state index is -0.301. The third kappa shape index (κ3) is 4.09. The van der Waals surface area contributed by atoms with Crippen LogP contribution in [0.2, 0.25) is 0 Å². The first-order valence-electron chi connectivity index (χ1n) is 7.83. The van der Waals surface area contributed by atoms with E-state index in [4.69, 9.17) is 9.26 Å². The van der Waals surface area contributed by atoms with Crippen LogP contribution in [0.4, 0.5) is 4.39 Å². The van der Waals surface area contributed by atoms with E-state index < -0.39 is 0 Å². The van der Waals surface area contributed by atoms with Crippen molar-refractivity contribution >= 4 is 0 Å². The Morgan fingerprint density at radius 3 is 2.39 bits per heavy atom. The summed E-state index contributed by atoms with van der Waals surface area (Å²) >= 11 is 0. The van der Waals surface area contributed by atoms with Gasteiger partial charge in [0.15, 0.2) is 11.6 Å². The lowest BCUT2D eigenvalue weighted by Gasteiger charge is -2.34. The van der Waals surface area contributed by atoms with Crippen LogP contribution in [0.1, 0.15) is 17.0 Å². The van der Waals surface area contributed by atoms with Crippen molar-refractivity contribution in [2.24, 2.45) is 0 Å². The minimum absolute atomic E-state index is 0.293. The first kappa shape index (κ1) is 16.0. The molecular weight excluding hydrogens is 297 g/mol. The van der Waals surface area contributed by atoms with Crippen LogP contribution in [-0.2, 0) is 13.1 Å². The molecule has 1 saturated heterocycles. The van der Waals surface area contributed by atoms with Gasteiger partial charge in [0.1, 0.15) is 5.76 Å². The van der Waals surface area contributed by atoms with Crippen LogP contribution >= 0.6 is 0 Å². The van der Waals surface area contributed by atoms with Gasteiger partial charge in [0.05, 0.1) is 12.8 Å². The van der Waals surface area contributed by atoms with Gasteiger partial charge in [-0.3, -0.25) is 9.80 Å². The van der Waals surface area contributed by atoms with Gasteiger partial charge in [-0.2, -0.15) is 0 Å². The highest BCUT2D eigenvalue weighted by molar-refractivity contribution is 5.29. The zero-order chi connectivity index (χ0) is 16.2. The van der Waals surface area contributed by atoms with Gasteiger partial charge in [-0.05, 0) is 24.6 Å². The molecule has 0 unspecified atom stereocenters. The number of hydrogen-bond acceptors (Lipinski definition) is 5. The minimum Gasteiger partial charge on any atom is -0.494 e. The van der Waals surface area contributed by atoms with E-state index in [9.17, 15) is 4.39 Å². The fourth-order valence-corrected chi connectivity index (χ4v) is 2.89. The molecule has 1 aliphatic rings. The third-order valence-corrected chi connectivity index (χ3v) is 4.15. The van der Waals surface area contributed by atoms with Gasteiger partial charge in [0.2, 0.25) is 0 Å². The van der Waals surface area contributed by atoms with Crippen molar-refractivity contribution in [1.29, 1.82) is 0 Å². The Bertz CT molecular complexity index is 651. The maximum atomic E-state index is 13.7. The summed E-state index contributed by atoms with van der Waals surface area (Å²) in [6.07, 6.45) is 0. The number of nitrogens with zero attached hydrogens (tertiary/aromatic N) is 3. The molecule has 1 aromatic heterocycles. The molecule has 0 saturated carbocycles. The molecule has 0 bridgehead atoms. The van der Waals surface area contributed by atoms with Crippen LogP contribution in [0.25, 0.3) is 0 Å². The quantitative estimate of drug-likeness (QED) is 0.847. The number of hydrogen-bond donors (Lipinski definition) is 0. The van der Waals surface area contributed by atoms with E-state index in [1.54, 1.807) is 12.1 Å². The molecule has 6 heteroatoms. The Labute approximate surface area is 135 Å². The first-order chi connectivity index (χ1) is 11.1. The predicted molar refractivity (Wildman–Crippen MR) is 84.7 cm³/mol. The van der Waals surface area contributed by atoms with Crippen molar-refractivity contribution < 1.29 is 13.7 Å². The largest absolute Gasteiger partial charge is 0.494 e. The molecule has 124 valence electrons. The van der Waals surface area contributed by atoms with E-state index in [2.05, 4.69) is 15.0 Å². The van der Waals surface area contributed by atoms with Crippen molar-refractivity contribution in [3.05, 3.63) is 47.1 Å². The van der Waals surface area contributed by atoms with E-state index in [0.717, 1.165) is 56.3 Å². The summed E-state index contributed by atoms with van der Waals surface area (Å²) < 4.78 is 23.8. The fraction of sp³-hybridized carbons (Fsp3) is 0.471. The second-order valence-corrected chi connectivity index (χ2v) is 5.95. The maximum absolute atomic E-state index is 13.7. The van der Waals surface area contributed by atoms with Gasteiger partial charge in [0.25, 0.3) is 0 Å². The van der Waals surface area contributed by atoms with E-state index in [1.165, 1.54) is 7.11 Å². The van der Waals surface area contributed by atoms with Crippen molar-refractivity contribution in [3.8, 4) is 5.75 Å². The second-order valence-electron chi connectivity index (χ2n) is 5.95. The number of aryl methyl sites for hydroxylation is 1. The van der Waals surface area contributed by atoms with E-state index >= 15 is 0 Å². The molecular formula is C17H22FN3O2. The van der Waals surface area contributed by atoms with Gasteiger partial charge in [-0.1, -0.05) is 11.2 Å². The highest BCUT2D eigenvalue weighted by Gasteiger charge is 2.18. The fourth-order valence-electron chi connectivity index (χ4n) is 2.89. The number of aromatic nitrogens is 1. The highest BCUT2D eigenvalue weighted by atomic mass is 19.1. The Morgan fingerprint density at radius 1 is 1.13 bits per heavy atom. The van der Waals surface area contributed by atoms with Gasteiger partial charge >= 0.3 is 0 Å². The highest BCUT2D eigenvalue weighted by Crippen LogP contribution is 2.19. The molecule has 2 aromatic rings. The summed E-state index contributed by atoms with van der Waals surface area (Å²) in [6, 6.07) is 7.15. The van der Waals surface area contributed by atoms with Gasteiger partial charge in [0, 0.05) is 45.3 Å². The topological polar surface area (TPSA) is 41.7 Å². The second kappa shape index (κ2) is 7.10. The Morgan fingerprint density at radius 2 is 1.83 bits per heavy atom. The summed E-state index contributed by atoms with van der Waals surface area (Å²) in [7, 11) is 1.48. The lowest BCUT2D eigenvalue weighted by Crippen LogP contribution is -2.45. The Kier molecular flexibility index (Phi) is 4.93. The van der Waals surface area contributed by atoms with Crippen molar-refractivity contribution in [2.45, 2.75) is 20.0 Å². The Balaban J connectivity index is 1.50. The van der Waals surface area contributed by atoms with E-state index in [-0.39, 0.29) is 5.82 Å². The van der Waals surface area contributed by atoms with Crippen LogP contribution in [0.5, 0.6) is 5.75 Å². The summed E-state index contributed by atoms with van der Waals surface area (Å²) in [4.78, 5) is 4.70. The number of rotatable bonds is 5. The Hall–Kier alpha value is -1.92. The average Bonchev–Trinajstić information content (AvgIpc) is 2.95. The molecule has 0 radical (unpaired) electrons. The zero-order valence-electron chi connectivity index (χ0n) is 13.6. The molecule has 1 fully saturated rings. The number of benzene rings is 1. The van der Waals surface area contributed by atoms with Gasteiger partial charge in [-0.15, -0.1) is 0 Å². The standard InChI is InChI=1S/C17H22FN3O2/c1-13-9-15(19-23-13)12-21-7-5-20(6-8-21)11-14-3-4-17(22-2)16(18)10-14/h3-4,9-10H,5-8,11-12H2,1-2H3. The molecule has 1 aromatic carbocycles. The van der Waals surface area contributed by atoms with Crippen LogP contribution in [-0.4, -0.2) is 48.2 Å². The lowest BCUT2D eigenvalue weighted by atomic mass is 10.1. The number of piperazine rings is 1. The monoisotopic (exact) mass is 319 g/mol. The molecule has 0 amide bonds. The summed E-state index contributed by atoms with van der Waals surface area (Å²) in [5.74, 6) is 0.840. The molecule has 2 heterocycles. The van der Waals surface area contributed by atoms with E-state index in [0.29, 0.717) is 5.75 Å². The van der Waals surface area contributed by atoms with Crippen molar-refractivity contribution in [1.82, 2.24) is 15.0 Å². The normalized spacial score (nSPS) is 16.7. The smallest absolute Gasteiger partial charge is 0.165 e. The van der Waals surface area contributed by atoms with Crippen LogP contribution in [0.15, 0.2) is 28.8 Å². The molecule has 0 spiro atoms. The summed E-state index contributed by atoms with van der Waals surface area (Å²) in [6.45, 7) is 7.37. The molecule has 5 nitrogen and oxygen atoms in total. The van der Waals surface area contributed by atoms with Crippen molar-refractivity contribution in [3.63, 3.8) is 0 Å². The third-order valence-electron chi connectivity index (χ3n) is 4.15. The summed E-state index contributed by atoms with van der Waals surface area (Å²) in [5, 5.41) is 4.04. The molecule has 3 rings (SSSR count). The predicted octanol–water partition coefficient (Wildman–Crippen LogP) is 2.45. The van der Waals surface area contributed by atoms with Crippen LogP contribution < -0.4 is 4.74 Å². The van der Waals surface area contributed by atoms with Gasteiger partial charge in [-0.25, -0.2) is 4.39 Å². The number of halogens is 1. The molecule has 23 heavy (non-hydrogen) atoms. The first-order valence-corrected chi connectivity index (χ1v) is 7.83. The van der Waals surface area contributed by atoms with E-state index in [1.807, 2.05) is 19.1 Å². The molecule has 1 aliphatic heterocycles. The molecule has 0 atom stereocenters. The number of ether oxygens (including phenoxy) is 1. The SMILES string of the molecule is COc1ccc(CN2CCN(Cc3cc(C)on3)CC2)cc1F. The van der Waals surface area contributed by atoms with Crippen LogP contribution in [0.3, 0.4) is 0 Å². The average molecular weight is 319 g/mol. The summed E-state index contributed by atoms with van der Waals surface area (Å²) in [5.41, 5.74) is 1.96. The lowest BCUT2D eigenvalue weighted by molar-refractivity contribution is 0.120. The number of methoxy groups -OCH3 is 1.